The largest absolute Gasteiger partial charge is 0.481 e. The van der Waals surface area contributed by atoms with Crippen molar-refractivity contribution >= 4 is 23.6 Å². The van der Waals surface area contributed by atoms with E-state index in [4.69, 9.17) is 5.11 Å². The summed E-state index contributed by atoms with van der Waals surface area (Å²) in [5, 5.41) is 17.5. The first-order valence-electron chi connectivity index (χ1n) is 10.1. The minimum atomic E-state index is -0.911. The molecule has 0 bridgehead atoms. The Balaban J connectivity index is 2.05. The van der Waals surface area contributed by atoms with Gasteiger partial charge in [-0.25, -0.2) is 4.79 Å². The zero-order valence-corrected chi connectivity index (χ0v) is 16.6. The minimum absolute atomic E-state index is 0.0425. The molecule has 0 unspecified atom stereocenters. The minimum Gasteiger partial charge on any atom is -0.481 e. The quantitative estimate of drug-likeness (QED) is 0.485. The van der Waals surface area contributed by atoms with Crippen LogP contribution in [-0.2, 0) is 16.0 Å². The maximum atomic E-state index is 13.1. The van der Waals surface area contributed by atoms with Crippen molar-refractivity contribution in [1.29, 1.82) is 0 Å². The summed E-state index contributed by atoms with van der Waals surface area (Å²) >= 11 is 0. The van der Waals surface area contributed by atoms with Gasteiger partial charge in [0.2, 0.25) is 5.91 Å². The first kappa shape index (κ1) is 21.7. The van der Waals surface area contributed by atoms with E-state index in [0.717, 1.165) is 37.7 Å². The highest BCUT2D eigenvalue weighted by Gasteiger charge is 2.40. The Morgan fingerprint density at radius 2 is 1.89 bits per heavy atom. The van der Waals surface area contributed by atoms with Crippen LogP contribution in [0.2, 0.25) is 0 Å². The van der Waals surface area contributed by atoms with Gasteiger partial charge in [0.1, 0.15) is 5.54 Å². The van der Waals surface area contributed by atoms with E-state index in [1.54, 1.807) is 18.2 Å². The van der Waals surface area contributed by atoms with E-state index in [-0.39, 0.29) is 18.4 Å². The van der Waals surface area contributed by atoms with Crippen molar-refractivity contribution < 1.29 is 19.5 Å². The molecule has 154 valence electrons. The number of anilines is 1. The number of hydrogen-bond donors (Lipinski definition) is 4. The molecule has 4 N–H and O–H groups in total. The molecule has 3 amide bonds. The average molecular weight is 389 g/mol. The van der Waals surface area contributed by atoms with Crippen LogP contribution in [0.15, 0.2) is 24.3 Å². The summed E-state index contributed by atoms with van der Waals surface area (Å²) in [6, 6.07) is 6.90. The fourth-order valence-corrected chi connectivity index (χ4v) is 3.51. The van der Waals surface area contributed by atoms with Crippen molar-refractivity contribution in [2.24, 2.45) is 0 Å². The second kappa shape index (κ2) is 10.7. The van der Waals surface area contributed by atoms with Gasteiger partial charge in [-0.1, -0.05) is 44.7 Å². The van der Waals surface area contributed by atoms with Gasteiger partial charge in [0.25, 0.3) is 0 Å². The van der Waals surface area contributed by atoms with Gasteiger partial charge in [-0.05, 0) is 43.4 Å². The molecule has 1 fully saturated rings. The van der Waals surface area contributed by atoms with E-state index in [9.17, 15) is 14.4 Å². The normalized spacial score (nSPS) is 15.5. The van der Waals surface area contributed by atoms with E-state index >= 15 is 0 Å². The predicted molar refractivity (Wildman–Crippen MR) is 108 cm³/mol. The van der Waals surface area contributed by atoms with Gasteiger partial charge in [-0.3, -0.25) is 9.59 Å². The van der Waals surface area contributed by atoms with E-state index in [1.165, 1.54) is 0 Å². The van der Waals surface area contributed by atoms with E-state index in [2.05, 4.69) is 22.9 Å². The van der Waals surface area contributed by atoms with Crippen LogP contribution in [0, 0.1) is 0 Å². The first-order chi connectivity index (χ1) is 13.4. The SMILES string of the molecule is CCCCNC(=O)NC1(C(=O)Nc2cccc(CCC(=O)O)c2)CCCCC1. The number of carboxylic acids is 1. The number of aliphatic carboxylic acids is 1. The molecule has 0 atom stereocenters. The molecule has 2 rings (SSSR count). The lowest BCUT2D eigenvalue weighted by molar-refractivity contribution is -0.137. The van der Waals surface area contributed by atoms with Crippen molar-refractivity contribution in [3.8, 4) is 0 Å². The second-order valence-corrected chi connectivity index (χ2v) is 7.43. The Kier molecular flexibility index (Phi) is 8.29. The van der Waals surface area contributed by atoms with Crippen molar-refractivity contribution in [1.82, 2.24) is 10.6 Å². The Morgan fingerprint density at radius 3 is 2.57 bits per heavy atom. The van der Waals surface area contributed by atoms with Crippen LogP contribution in [0.25, 0.3) is 0 Å². The molecule has 1 aliphatic carbocycles. The number of rotatable bonds is 9. The molecule has 0 heterocycles. The van der Waals surface area contributed by atoms with Crippen LogP contribution in [0.1, 0.15) is 63.9 Å². The molecule has 28 heavy (non-hydrogen) atoms. The van der Waals surface area contributed by atoms with E-state index < -0.39 is 11.5 Å². The monoisotopic (exact) mass is 389 g/mol. The molecular formula is C21H31N3O4. The van der Waals surface area contributed by atoms with Crippen molar-refractivity contribution in [3.63, 3.8) is 0 Å². The molecule has 1 aliphatic rings. The third-order valence-corrected chi connectivity index (χ3v) is 5.12. The lowest BCUT2D eigenvalue weighted by atomic mass is 9.81. The zero-order chi connectivity index (χ0) is 20.4. The third kappa shape index (κ3) is 6.55. The van der Waals surface area contributed by atoms with E-state index in [1.807, 2.05) is 6.07 Å². The summed E-state index contributed by atoms with van der Waals surface area (Å²) in [5.74, 6) is -1.07. The van der Waals surface area contributed by atoms with Crippen molar-refractivity contribution in [2.45, 2.75) is 70.3 Å². The molecule has 0 saturated heterocycles. The molecule has 0 spiro atoms. The van der Waals surface area contributed by atoms with Gasteiger partial charge in [0.05, 0.1) is 0 Å². The summed E-state index contributed by atoms with van der Waals surface area (Å²) in [6.07, 6.45) is 6.39. The maximum Gasteiger partial charge on any atom is 0.315 e. The third-order valence-electron chi connectivity index (χ3n) is 5.12. The Hall–Kier alpha value is -2.57. The zero-order valence-electron chi connectivity index (χ0n) is 16.6. The Morgan fingerprint density at radius 1 is 1.14 bits per heavy atom. The summed E-state index contributed by atoms with van der Waals surface area (Å²) in [7, 11) is 0. The highest BCUT2D eigenvalue weighted by Crippen LogP contribution is 2.30. The number of hydrogen-bond acceptors (Lipinski definition) is 3. The molecule has 1 aromatic rings. The molecule has 7 nitrogen and oxygen atoms in total. The van der Waals surface area contributed by atoms with Crippen LogP contribution < -0.4 is 16.0 Å². The molecule has 7 heteroatoms. The number of carboxylic acid groups (broad SMARTS) is 1. The number of unbranched alkanes of at least 4 members (excludes halogenated alkanes) is 1. The summed E-state index contributed by atoms with van der Waals surface area (Å²) in [6.45, 7) is 2.64. The van der Waals surface area contributed by atoms with Crippen LogP contribution in [0.3, 0.4) is 0 Å². The lowest BCUT2D eigenvalue weighted by Gasteiger charge is -2.36. The van der Waals surface area contributed by atoms with Gasteiger partial charge in [0, 0.05) is 18.7 Å². The van der Waals surface area contributed by atoms with Gasteiger partial charge in [-0.2, -0.15) is 0 Å². The molecular weight excluding hydrogens is 358 g/mol. The standard InChI is InChI=1S/C21H31N3O4/c1-2-3-14-22-20(28)24-21(12-5-4-6-13-21)19(27)23-17-9-7-8-16(15-17)10-11-18(25)26/h7-9,15H,2-6,10-14H2,1H3,(H,23,27)(H,25,26)(H2,22,24,28). The van der Waals surface area contributed by atoms with Crippen LogP contribution in [0.4, 0.5) is 10.5 Å². The van der Waals surface area contributed by atoms with Crippen LogP contribution in [-0.4, -0.2) is 35.1 Å². The summed E-state index contributed by atoms with van der Waals surface area (Å²) < 4.78 is 0. The number of carbonyl (C=O) groups excluding carboxylic acids is 2. The fraction of sp³-hybridized carbons (Fsp3) is 0.571. The Bertz CT molecular complexity index is 684. The lowest BCUT2D eigenvalue weighted by Crippen LogP contribution is -2.60. The van der Waals surface area contributed by atoms with Gasteiger partial charge in [0.15, 0.2) is 0 Å². The van der Waals surface area contributed by atoms with Crippen molar-refractivity contribution in [3.05, 3.63) is 29.8 Å². The number of benzene rings is 1. The van der Waals surface area contributed by atoms with Gasteiger partial charge < -0.3 is 21.1 Å². The molecule has 1 aromatic carbocycles. The predicted octanol–water partition coefficient (Wildman–Crippen LogP) is 3.44. The number of carbonyl (C=O) groups is 3. The number of amides is 3. The highest BCUT2D eigenvalue weighted by molar-refractivity contribution is 6.00. The second-order valence-electron chi connectivity index (χ2n) is 7.43. The molecule has 1 saturated carbocycles. The first-order valence-corrected chi connectivity index (χ1v) is 10.1. The van der Waals surface area contributed by atoms with E-state index in [0.29, 0.717) is 31.5 Å². The average Bonchev–Trinajstić information content (AvgIpc) is 2.67. The summed E-state index contributed by atoms with van der Waals surface area (Å²) in [4.78, 5) is 36.1. The van der Waals surface area contributed by atoms with Crippen LogP contribution in [0.5, 0.6) is 0 Å². The number of aryl methyl sites for hydroxylation is 1. The number of nitrogens with one attached hydrogen (secondary N) is 3. The number of urea groups is 1. The maximum absolute atomic E-state index is 13.1. The smallest absolute Gasteiger partial charge is 0.315 e. The topological polar surface area (TPSA) is 108 Å². The Labute approximate surface area is 166 Å². The molecule has 0 radical (unpaired) electrons. The van der Waals surface area contributed by atoms with Crippen LogP contribution >= 0.6 is 0 Å². The fourth-order valence-electron chi connectivity index (χ4n) is 3.51. The molecule has 0 aliphatic heterocycles. The summed E-state index contributed by atoms with van der Waals surface area (Å²) in [5.41, 5.74) is 0.556. The van der Waals surface area contributed by atoms with Gasteiger partial charge in [-0.15, -0.1) is 0 Å². The van der Waals surface area contributed by atoms with Gasteiger partial charge >= 0.3 is 12.0 Å². The molecule has 0 aromatic heterocycles. The van der Waals surface area contributed by atoms with Crippen molar-refractivity contribution in [2.75, 3.05) is 11.9 Å². The highest BCUT2D eigenvalue weighted by atomic mass is 16.4.